The van der Waals surface area contributed by atoms with Gasteiger partial charge in [-0.1, -0.05) is 25.5 Å². The topological polar surface area (TPSA) is 60.7 Å². The van der Waals surface area contributed by atoms with Crippen LogP contribution in [0.25, 0.3) is 0 Å². The van der Waals surface area contributed by atoms with E-state index in [0.29, 0.717) is 17.8 Å². The van der Waals surface area contributed by atoms with Crippen LogP contribution >= 0.6 is 0 Å². The maximum atomic E-state index is 11.0. The Hall–Kier alpha value is -0.380. The molecule has 3 N–H and O–H groups in total. The first kappa shape index (κ1) is 15.2. The van der Waals surface area contributed by atoms with E-state index in [4.69, 9.17) is 0 Å². The summed E-state index contributed by atoms with van der Waals surface area (Å²) < 4.78 is 0. The summed E-state index contributed by atoms with van der Waals surface area (Å²) in [5, 5.41) is 31.5. The van der Waals surface area contributed by atoms with Crippen LogP contribution in [0.5, 0.6) is 0 Å². The first-order valence-electron chi connectivity index (χ1n) is 9.10. The fourth-order valence-electron chi connectivity index (χ4n) is 6.75. The third-order valence-corrected chi connectivity index (χ3v) is 7.96. The van der Waals surface area contributed by atoms with Crippen LogP contribution in [0.1, 0.15) is 58.8 Å². The SMILES string of the molecule is C[C@]12C[C@@H](O)[C@H]3[C@@H](CC=C4C[C@@H](O)CC[C@@]43C)[C@@H]1CC[C@@H]2O. The van der Waals surface area contributed by atoms with E-state index in [2.05, 4.69) is 19.9 Å². The number of hydrogen-bond acceptors (Lipinski definition) is 3. The standard InChI is InChI=1S/C19H30O3/c1-18-8-7-12(20)9-11(18)3-4-13-14-5-6-16(22)19(14,2)10-15(21)17(13)18/h3,12-17,20-22H,4-10H2,1-2H3/t12-,13-,14-,15+,16-,17+,18-,19-/m0/s1. The molecule has 0 amide bonds. The highest BCUT2D eigenvalue weighted by molar-refractivity contribution is 5.26. The molecule has 0 aliphatic heterocycles. The number of fused-ring (bicyclic) bond motifs is 5. The molecule has 0 saturated heterocycles. The smallest absolute Gasteiger partial charge is 0.0597 e. The fourth-order valence-corrected chi connectivity index (χ4v) is 6.75. The lowest BCUT2D eigenvalue weighted by molar-refractivity contribution is -0.136. The van der Waals surface area contributed by atoms with Gasteiger partial charge in [-0.15, -0.1) is 0 Å². The molecule has 0 unspecified atom stereocenters. The van der Waals surface area contributed by atoms with Gasteiger partial charge in [0.25, 0.3) is 0 Å². The Morgan fingerprint density at radius 3 is 2.64 bits per heavy atom. The summed E-state index contributed by atoms with van der Waals surface area (Å²) in [6.07, 6.45) is 7.99. The Kier molecular flexibility index (Phi) is 3.32. The molecule has 8 atom stereocenters. The summed E-state index contributed by atoms with van der Waals surface area (Å²) in [7, 11) is 0. The number of hydrogen-bond donors (Lipinski definition) is 3. The van der Waals surface area contributed by atoms with Gasteiger partial charge in [-0.2, -0.15) is 0 Å². The van der Waals surface area contributed by atoms with Gasteiger partial charge in [0.1, 0.15) is 0 Å². The van der Waals surface area contributed by atoms with E-state index in [9.17, 15) is 15.3 Å². The van der Waals surface area contributed by atoms with E-state index in [1.165, 1.54) is 5.57 Å². The van der Waals surface area contributed by atoms with Crippen molar-refractivity contribution < 1.29 is 15.3 Å². The minimum Gasteiger partial charge on any atom is -0.393 e. The zero-order chi connectivity index (χ0) is 15.7. The summed E-state index contributed by atoms with van der Waals surface area (Å²) in [4.78, 5) is 0. The lowest BCUT2D eigenvalue weighted by atomic mass is 9.47. The van der Waals surface area contributed by atoms with E-state index >= 15 is 0 Å². The molecule has 4 aliphatic carbocycles. The molecular weight excluding hydrogens is 276 g/mol. The first-order valence-corrected chi connectivity index (χ1v) is 9.10. The van der Waals surface area contributed by atoms with Gasteiger partial charge in [0.2, 0.25) is 0 Å². The van der Waals surface area contributed by atoms with E-state index in [0.717, 1.165) is 44.9 Å². The zero-order valence-electron chi connectivity index (χ0n) is 13.8. The Morgan fingerprint density at radius 2 is 1.86 bits per heavy atom. The van der Waals surface area contributed by atoms with Crippen molar-refractivity contribution in [2.75, 3.05) is 0 Å². The molecule has 0 aromatic heterocycles. The van der Waals surface area contributed by atoms with Crippen molar-refractivity contribution >= 4 is 0 Å². The first-order chi connectivity index (χ1) is 10.4. The summed E-state index contributed by atoms with van der Waals surface area (Å²) in [5.74, 6) is 1.34. The van der Waals surface area contributed by atoms with Gasteiger partial charge < -0.3 is 15.3 Å². The molecular formula is C19H30O3. The number of aliphatic hydroxyl groups is 3. The molecule has 3 fully saturated rings. The van der Waals surface area contributed by atoms with Gasteiger partial charge in [-0.25, -0.2) is 0 Å². The Bertz CT molecular complexity index is 501. The Balaban J connectivity index is 1.73. The molecule has 3 heteroatoms. The fraction of sp³-hybridized carbons (Fsp3) is 0.895. The Morgan fingerprint density at radius 1 is 1.09 bits per heavy atom. The minimum atomic E-state index is -0.317. The lowest BCUT2D eigenvalue weighted by Crippen LogP contribution is -2.57. The highest BCUT2D eigenvalue weighted by atomic mass is 16.3. The zero-order valence-corrected chi connectivity index (χ0v) is 13.8. The lowest BCUT2D eigenvalue weighted by Gasteiger charge is -2.59. The second-order valence-corrected chi connectivity index (χ2v) is 8.95. The van der Waals surface area contributed by atoms with Crippen LogP contribution in [0.2, 0.25) is 0 Å². The van der Waals surface area contributed by atoms with Crippen molar-refractivity contribution in [3.8, 4) is 0 Å². The van der Waals surface area contributed by atoms with Gasteiger partial charge in [0.05, 0.1) is 18.3 Å². The van der Waals surface area contributed by atoms with Crippen LogP contribution in [-0.2, 0) is 0 Å². The van der Waals surface area contributed by atoms with Crippen molar-refractivity contribution in [1.82, 2.24) is 0 Å². The molecule has 0 bridgehead atoms. The predicted molar refractivity (Wildman–Crippen MR) is 85.1 cm³/mol. The molecule has 22 heavy (non-hydrogen) atoms. The van der Waals surface area contributed by atoms with Gasteiger partial charge in [0.15, 0.2) is 0 Å². The predicted octanol–water partition coefficient (Wildman–Crippen LogP) is 2.64. The van der Waals surface area contributed by atoms with Crippen LogP contribution in [0.3, 0.4) is 0 Å². The molecule has 3 nitrogen and oxygen atoms in total. The molecule has 0 radical (unpaired) electrons. The maximum Gasteiger partial charge on any atom is 0.0597 e. The molecule has 0 heterocycles. The second kappa shape index (κ2) is 4.81. The van der Waals surface area contributed by atoms with Crippen molar-refractivity contribution in [3.05, 3.63) is 11.6 Å². The van der Waals surface area contributed by atoms with Gasteiger partial charge in [-0.05, 0) is 73.5 Å². The van der Waals surface area contributed by atoms with Gasteiger partial charge in [-0.3, -0.25) is 0 Å². The molecule has 4 rings (SSSR count). The van der Waals surface area contributed by atoms with E-state index in [-0.39, 0.29) is 29.1 Å². The molecule has 124 valence electrons. The maximum absolute atomic E-state index is 11.0. The highest BCUT2D eigenvalue weighted by Crippen LogP contribution is 2.64. The summed E-state index contributed by atoms with van der Waals surface area (Å²) >= 11 is 0. The third-order valence-electron chi connectivity index (χ3n) is 7.96. The third kappa shape index (κ3) is 1.85. The Labute approximate surface area is 133 Å². The highest BCUT2D eigenvalue weighted by Gasteiger charge is 2.61. The normalized spacial score (nSPS) is 57.6. The van der Waals surface area contributed by atoms with Gasteiger partial charge in [0, 0.05) is 0 Å². The van der Waals surface area contributed by atoms with Crippen LogP contribution in [0, 0.1) is 28.6 Å². The molecule has 3 saturated carbocycles. The summed E-state index contributed by atoms with van der Waals surface area (Å²) in [6.45, 7) is 4.51. The largest absolute Gasteiger partial charge is 0.393 e. The van der Waals surface area contributed by atoms with E-state index < -0.39 is 0 Å². The van der Waals surface area contributed by atoms with Gasteiger partial charge >= 0.3 is 0 Å². The minimum absolute atomic E-state index is 0.0520. The quantitative estimate of drug-likeness (QED) is 0.603. The number of rotatable bonds is 0. The van der Waals surface area contributed by atoms with Crippen molar-refractivity contribution in [3.63, 3.8) is 0 Å². The van der Waals surface area contributed by atoms with Crippen LogP contribution in [0.15, 0.2) is 11.6 Å². The van der Waals surface area contributed by atoms with Crippen molar-refractivity contribution in [2.45, 2.75) is 77.1 Å². The van der Waals surface area contributed by atoms with E-state index in [1.807, 2.05) is 0 Å². The second-order valence-electron chi connectivity index (χ2n) is 8.95. The molecule has 0 spiro atoms. The molecule has 0 aromatic rings. The number of allylic oxidation sites excluding steroid dienone is 1. The summed E-state index contributed by atoms with van der Waals surface area (Å²) in [5.41, 5.74) is 1.33. The van der Waals surface area contributed by atoms with E-state index in [1.54, 1.807) is 0 Å². The van der Waals surface area contributed by atoms with Crippen LogP contribution in [0.4, 0.5) is 0 Å². The summed E-state index contributed by atoms with van der Waals surface area (Å²) in [6, 6.07) is 0. The monoisotopic (exact) mass is 306 g/mol. The van der Waals surface area contributed by atoms with Crippen molar-refractivity contribution in [1.29, 1.82) is 0 Å². The molecule has 4 aliphatic rings. The average molecular weight is 306 g/mol. The van der Waals surface area contributed by atoms with Crippen molar-refractivity contribution in [2.24, 2.45) is 28.6 Å². The van der Waals surface area contributed by atoms with Crippen LogP contribution in [-0.4, -0.2) is 33.6 Å². The van der Waals surface area contributed by atoms with Crippen LogP contribution < -0.4 is 0 Å². The number of aliphatic hydroxyl groups excluding tert-OH is 3. The molecule has 0 aromatic carbocycles. The average Bonchev–Trinajstić information content (AvgIpc) is 2.75.